The van der Waals surface area contributed by atoms with Crippen molar-refractivity contribution in [2.24, 2.45) is 0 Å². The molecule has 21 heavy (non-hydrogen) atoms. The van der Waals surface area contributed by atoms with Gasteiger partial charge in [-0.2, -0.15) is 0 Å². The van der Waals surface area contributed by atoms with E-state index in [-0.39, 0.29) is 21.1 Å². The molecule has 1 aromatic heterocycles. The zero-order valence-electron chi connectivity index (χ0n) is 11.3. The molecule has 0 saturated carbocycles. The molecule has 7 heteroatoms. The minimum atomic E-state index is 0. The van der Waals surface area contributed by atoms with Crippen molar-refractivity contribution >= 4 is 31.5 Å². The summed E-state index contributed by atoms with van der Waals surface area (Å²) in [5, 5.41) is 6.25. The molecule has 0 saturated heterocycles. The average Bonchev–Trinajstić information content (AvgIpc) is 2.90. The summed E-state index contributed by atoms with van der Waals surface area (Å²) < 4.78 is 0. The minimum absolute atomic E-state index is 0. The van der Waals surface area contributed by atoms with Gasteiger partial charge < -0.3 is 26.3 Å². The summed E-state index contributed by atoms with van der Waals surface area (Å²) in [5.74, 6) is 0.944. The summed E-state index contributed by atoms with van der Waals surface area (Å²) in [7, 11) is 4.09. The van der Waals surface area contributed by atoms with Crippen molar-refractivity contribution in [3.05, 3.63) is 55.2 Å². The van der Waals surface area contributed by atoms with Gasteiger partial charge in [0.05, 0.1) is 5.69 Å². The van der Waals surface area contributed by atoms with E-state index in [2.05, 4.69) is 33.5 Å². The number of aromatic nitrogens is 1. The van der Waals surface area contributed by atoms with Crippen LogP contribution in [0.2, 0.25) is 0 Å². The van der Waals surface area contributed by atoms with E-state index < -0.39 is 0 Å². The minimum Gasteiger partial charge on any atom is -0.545 e. The molecule has 1 aliphatic rings. The Morgan fingerprint density at radius 1 is 1.10 bits per heavy atom. The Morgan fingerprint density at radius 2 is 1.67 bits per heavy atom. The number of pyridine rings is 1. The molecule has 0 spiro atoms. The molecule has 0 atom stereocenters. The third kappa shape index (κ3) is 4.17. The van der Waals surface area contributed by atoms with Crippen LogP contribution < -0.4 is 9.62 Å². The molecule has 107 valence electrons. The third-order valence-electron chi connectivity index (χ3n) is 2.71. The number of hydrogen-bond donors (Lipinski definition) is 0. The van der Waals surface area contributed by atoms with Gasteiger partial charge in [-0.1, -0.05) is 18.2 Å². The normalized spacial score (nSPS) is 10.6. The van der Waals surface area contributed by atoms with Gasteiger partial charge in [-0.05, 0) is 31.3 Å². The first-order chi connectivity index (χ1) is 9.86. The van der Waals surface area contributed by atoms with Crippen molar-refractivity contribution in [3.8, 4) is 0 Å². The molecular weight excluding hydrogens is 446 g/mol. The van der Waals surface area contributed by atoms with Crippen molar-refractivity contribution in [2.45, 2.75) is 0 Å². The topological polar surface area (TPSA) is 60.2 Å². The number of hydrogen-bond acceptors (Lipinski definition) is 5. The van der Waals surface area contributed by atoms with Crippen molar-refractivity contribution in [2.75, 3.05) is 16.7 Å². The second-order valence-electron chi connectivity index (χ2n) is 3.77. The fourth-order valence-corrected chi connectivity index (χ4v) is 1.94. The molecular formula is C14H12BN4OPt. The van der Waals surface area contributed by atoms with Gasteiger partial charge in [0.2, 0.25) is 0 Å². The Bertz CT molecular complexity index is 567. The number of nitrogens with zero attached hydrogens (tertiary/aromatic N) is 4. The van der Waals surface area contributed by atoms with Gasteiger partial charge in [-0.15, -0.1) is 0 Å². The van der Waals surface area contributed by atoms with Crippen LogP contribution in [0.4, 0.5) is 17.2 Å². The maximum Gasteiger partial charge on any atom is 2.00 e. The molecule has 0 unspecified atom stereocenters. The number of anilines is 3. The zero-order valence-corrected chi connectivity index (χ0v) is 13.6. The van der Waals surface area contributed by atoms with Crippen molar-refractivity contribution in [1.29, 1.82) is 5.26 Å². The first kappa shape index (κ1) is 18.9. The Balaban J connectivity index is 0.000000741. The summed E-state index contributed by atoms with van der Waals surface area (Å²) in [6.07, 6.45) is 1.81. The van der Waals surface area contributed by atoms with Gasteiger partial charge in [-0.25, -0.2) is 4.98 Å². The Labute approximate surface area is 139 Å². The van der Waals surface area contributed by atoms with Crippen molar-refractivity contribution < 1.29 is 25.9 Å². The zero-order chi connectivity index (χ0) is 15.0. The molecule has 5 nitrogen and oxygen atoms in total. The van der Waals surface area contributed by atoms with Crippen LogP contribution in [-0.4, -0.2) is 26.4 Å². The number of fused-ring (bicyclic) bond motifs is 1. The van der Waals surface area contributed by atoms with E-state index in [1.165, 1.54) is 11.4 Å². The molecule has 0 fully saturated rings. The van der Waals surface area contributed by atoms with Crippen LogP contribution in [0.25, 0.3) is 0 Å². The summed E-state index contributed by atoms with van der Waals surface area (Å²) in [4.78, 5) is 16.3. The predicted octanol–water partition coefficient (Wildman–Crippen LogP) is 2.02. The fourth-order valence-electron chi connectivity index (χ4n) is 1.94. The standard InChI is InChI=1S/C12H11BN3.CN.CHO.Pt/c1-15-10-6-2-3-7-11(10)16(13-15)12-8-4-5-9-14-12;2*1-2;/h2-9H,1H3;;1H;/q;2*-1;+2. The molecule has 2 heterocycles. The monoisotopic (exact) mass is 458 g/mol. The van der Waals surface area contributed by atoms with Crippen LogP contribution in [0.15, 0.2) is 48.7 Å². The molecule has 1 aliphatic heterocycles. The largest absolute Gasteiger partial charge is 2.00 e. The van der Waals surface area contributed by atoms with Crippen LogP contribution in [0.1, 0.15) is 0 Å². The maximum atomic E-state index is 7.75. The quantitative estimate of drug-likeness (QED) is 0.372. The second kappa shape index (κ2) is 9.73. The summed E-state index contributed by atoms with van der Waals surface area (Å²) in [5.41, 5.74) is 2.37. The van der Waals surface area contributed by atoms with Gasteiger partial charge >= 0.3 is 28.6 Å². The Hall–Kier alpha value is -2.12. The Morgan fingerprint density at radius 3 is 2.24 bits per heavy atom. The number of carbonyl (C=O) groups excluding carboxylic acids is 1. The van der Waals surface area contributed by atoms with E-state index in [1.54, 1.807) is 0 Å². The van der Waals surface area contributed by atoms with Crippen LogP contribution in [0.5, 0.6) is 0 Å². The molecule has 3 rings (SSSR count). The molecule has 0 aliphatic carbocycles. The molecule has 0 amide bonds. The van der Waals surface area contributed by atoms with E-state index >= 15 is 0 Å². The number of benzene rings is 1. The smallest absolute Gasteiger partial charge is 0.545 e. The van der Waals surface area contributed by atoms with Gasteiger partial charge in [0.25, 0.3) is 0 Å². The first-order valence-electron chi connectivity index (χ1n) is 5.69. The summed E-state index contributed by atoms with van der Waals surface area (Å²) >= 11 is 0. The van der Waals surface area contributed by atoms with Crippen molar-refractivity contribution in [3.63, 3.8) is 0 Å². The molecule has 2 aromatic rings. The number of para-hydroxylation sites is 2. The predicted molar refractivity (Wildman–Crippen MR) is 78.7 cm³/mol. The summed E-state index contributed by atoms with van der Waals surface area (Å²) in [6, 6.07) is 14.2. The maximum absolute atomic E-state index is 7.75. The van der Waals surface area contributed by atoms with Crippen LogP contribution >= 0.6 is 0 Å². The van der Waals surface area contributed by atoms with Crippen molar-refractivity contribution in [1.82, 2.24) is 4.98 Å². The van der Waals surface area contributed by atoms with Crippen LogP contribution in [0.3, 0.4) is 0 Å². The molecule has 0 bridgehead atoms. The third-order valence-corrected chi connectivity index (χ3v) is 2.71. The van der Waals surface area contributed by atoms with Gasteiger partial charge in [0.1, 0.15) is 5.82 Å². The van der Waals surface area contributed by atoms with E-state index in [0.29, 0.717) is 0 Å². The fraction of sp³-hybridized carbons (Fsp3) is 0.0714. The van der Waals surface area contributed by atoms with Gasteiger partial charge in [0, 0.05) is 11.9 Å². The molecule has 1 radical (unpaired) electrons. The first-order valence-corrected chi connectivity index (χ1v) is 5.69. The van der Waals surface area contributed by atoms with E-state index in [9.17, 15) is 0 Å². The molecule has 0 N–H and O–H groups in total. The van der Waals surface area contributed by atoms with E-state index in [4.69, 9.17) is 16.6 Å². The van der Waals surface area contributed by atoms with Gasteiger partial charge in [-0.3, -0.25) is 6.79 Å². The van der Waals surface area contributed by atoms with Crippen LogP contribution in [0, 0.1) is 11.8 Å². The van der Waals surface area contributed by atoms with E-state index in [0.717, 1.165) is 5.82 Å². The SMILES string of the molecule is CN1[B]N(c2ccccn2)c2ccccc21.[C-]#N.[CH-]=O.[Pt+2]. The number of rotatable bonds is 1. The second-order valence-corrected chi connectivity index (χ2v) is 3.77. The van der Waals surface area contributed by atoms with Crippen LogP contribution in [-0.2, 0) is 25.9 Å². The average molecular weight is 458 g/mol. The Kier molecular flexibility index (Phi) is 8.75. The van der Waals surface area contributed by atoms with Gasteiger partial charge in [0.15, 0.2) is 0 Å². The molecule has 1 aromatic carbocycles. The van der Waals surface area contributed by atoms with E-state index in [1.807, 2.05) is 51.1 Å². The summed E-state index contributed by atoms with van der Waals surface area (Å²) in [6.45, 7) is 8.00.